The third-order valence-electron chi connectivity index (χ3n) is 3.03. The van der Waals surface area contributed by atoms with Crippen LogP contribution in [0.1, 0.15) is 28.8 Å². The maximum atomic E-state index is 11.7. The van der Waals surface area contributed by atoms with E-state index in [1.807, 2.05) is 0 Å². The van der Waals surface area contributed by atoms with Gasteiger partial charge in [-0.15, -0.1) is 0 Å². The third-order valence-corrected chi connectivity index (χ3v) is 3.03. The first-order chi connectivity index (χ1) is 8.58. The number of hydrogen-bond donors (Lipinski definition) is 2. The maximum absolute atomic E-state index is 11.7. The summed E-state index contributed by atoms with van der Waals surface area (Å²) in [5.74, 6) is -0.960. The van der Waals surface area contributed by atoms with E-state index in [9.17, 15) is 9.59 Å². The largest absolute Gasteiger partial charge is 0.478 e. The summed E-state index contributed by atoms with van der Waals surface area (Å²) < 4.78 is 0. The van der Waals surface area contributed by atoms with Gasteiger partial charge in [-0.25, -0.2) is 9.59 Å². The normalized spacial score (nSPS) is 14.1. The van der Waals surface area contributed by atoms with Crippen molar-refractivity contribution >= 4 is 12.0 Å². The SMILES string of the molecule is CN(C(=O)NCc1cccc(C(=O)O)c1)C1CC1. The Morgan fingerprint density at radius 1 is 1.44 bits per heavy atom. The lowest BCUT2D eigenvalue weighted by molar-refractivity contribution is 0.0696. The van der Waals surface area contributed by atoms with Gasteiger partial charge >= 0.3 is 12.0 Å². The fraction of sp³-hybridized carbons (Fsp3) is 0.385. The van der Waals surface area contributed by atoms with Crippen molar-refractivity contribution in [2.24, 2.45) is 0 Å². The van der Waals surface area contributed by atoms with Gasteiger partial charge in [0, 0.05) is 19.6 Å². The zero-order valence-corrected chi connectivity index (χ0v) is 10.2. The molecule has 2 amide bonds. The molecule has 5 nitrogen and oxygen atoms in total. The van der Waals surface area contributed by atoms with Crippen LogP contribution in [0.2, 0.25) is 0 Å². The van der Waals surface area contributed by atoms with Crippen LogP contribution in [0, 0.1) is 0 Å². The van der Waals surface area contributed by atoms with Crippen LogP contribution in [-0.4, -0.2) is 35.1 Å². The molecule has 1 saturated carbocycles. The Balaban J connectivity index is 1.91. The van der Waals surface area contributed by atoms with E-state index >= 15 is 0 Å². The molecule has 0 bridgehead atoms. The minimum atomic E-state index is -0.960. The number of carboxylic acid groups (broad SMARTS) is 1. The monoisotopic (exact) mass is 248 g/mol. The molecule has 96 valence electrons. The van der Waals surface area contributed by atoms with E-state index in [2.05, 4.69) is 5.32 Å². The molecule has 5 heteroatoms. The standard InChI is InChI=1S/C13H16N2O3/c1-15(11-5-6-11)13(18)14-8-9-3-2-4-10(7-9)12(16)17/h2-4,7,11H,5-6,8H2,1H3,(H,14,18)(H,16,17). The molecule has 0 saturated heterocycles. The van der Waals surface area contributed by atoms with Gasteiger partial charge in [0.15, 0.2) is 0 Å². The summed E-state index contributed by atoms with van der Waals surface area (Å²) in [5.41, 5.74) is 1.02. The van der Waals surface area contributed by atoms with Gasteiger partial charge in [0.25, 0.3) is 0 Å². The van der Waals surface area contributed by atoms with Crippen molar-refractivity contribution in [3.63, 3.8) is 0 Å². The van der Waals surface area contributed by atoms with Crippen molar-refractivity contribution in [2.45, 2.75) is 25.4 Å². The number of rotatable bonds is 4. The number of hydrogen-bond acceptors (Lipinski definition) is 2. The molecule has 2 rings (SSSR count). The van der Waals surface area contributed by atoms with Crippen molar-refractivity contribution in [2.75, 3.05) is 7.05 Å². The van der Waals surface area contributed by atoms with Crippen molar-refractivity contribution in [1.82, 2.24) is 10.2 Å². The number of nitrogens with zero attached hydrogens (tertiary/aromatic N) is 1. The average molecular weight is 248 g/mol. The predicted octanol–water partition coefficient (Wildman–Crippen LogP) is 1.69. The van der Waals surface area contributed by atoms with Crippen molar-refractivity contribution in [1.29, 1.82) is 0 Å². The molecule has 0 radical (unpaired) electrons. The molecule has 0 heterocycles. The molecule has 0 spiro atoms. The van der Waals surface area contributed by atoms with Crippen molar-refractivity contribution in [3.05, 3.63) is 35.4 Å². The minimum absolute atomic E-state index is 0.113. The van der Waals surface area contributed by atoms with Crippen LogP contribution in [0.4, 0.5) is 4.79 Å². The van der Waals surface area contributed by atoms with Gasteiger partial charge < -0.3 is 15.3 Å². The predicted molar refractivity (Wildman–Crippen MR) is 66.4 cm³/mol. The number of urea groups is 1. The highest BCUT2D eigenvalue weighted by atomic mass is 16.4. The van der Waals surface area contributed by atoms with E-state index in [0.717, 1.165) is 18.4 Å². The number of amides is 2. The molecule has 0 atom stereocenters. The number of aromatic carboxylic acids is 1. The van der Waals surface area contributed by atoms with Crippen LogP contribution in [0.5, 0.6) is 0 Å². The summed E-state index contributed by atoms with van der Waals surface area (Å²) in [7, 11) is 1.78. The van der Waals surface area contributed by atoms with Crippen LogP contribution < -0.4 is 5.32 Å². The Hall–Kier alpha value is -2.04. The number of nitrogens with one attached hydrogen (secondary N) is 1. The smallest absolute Gasteiger partial charge is 0.335 e. The van der Waals surface area contributed by atoms with Crippen molar-refractivity contribution < 1.29 is 14.7 Å². The minimum Gasteiger partial charge on any atom is -0.478 e. The van der Waals surface area contributed by atoms with Gasteiger partial charge in [-0.1, -0.05) is 12.1 Å². The second-order valence-corrected chi connectivity index (χ2v) is 4.51. The van der Waals surface area contributed by atoms with Gasteiger partial charge in [-0.3, -0.25) is 0 Å². The van der Waals surface area contributed by atoms with Crippen LogP contribution in [-0.2, 0) is 6.54 Å². The molecular weight excluding hydrogens is 232 g/mol. The molecule has 0 unspecified atom stereocenters. The Morgan fingerprint density at radius 2 is 2.17 bits per heavy atom. The second kappa shape index (κ2) is 5.08. The summed E-state index contributed by atoms with van der Waals surface area (Å²) in [6, 6.07) is 6.83. The highest BCUT2D eigenvalue weighted by Gasteiger charge is 2.29. The summed E-state index contributed by atoms with van der Waals surface area (Å²) in [5, 5.41) is 11.6. The summed E-state index contributed by atoms with van der Waals surface area (Å²) >= 11 is 0. The second-order valence-electron chi connectivity index (χ2n) is 4.51. The Bertz CT molecular complexity index is 469. The lowest BCUT2D eigenvalue weighted by Gasteiger charge is -2.17. The number of carbonyl (C=O) groups is 2. The zero-order valence-electron chi connectivity index (χ0n) is 10.2. The van der Waals surface area contributed by atoms with E-state index in [4.69, 9.17) is 5.11 Å². The lowest BCUT2D eigenvalue weighted by atomic mass is 10.1. The van der Waals surface area contributed by atoms with E-state index in [1.54, 1.807) is 30.1 Å². The highest BCUT2D eigenvalue weighted by molar-refractivity contribution is 5.87. The van der Waals surface area contributed by atoms with Gasteiger partial charge in [-0.2, -0.15) is 0 Å². The molecule has 18 heavy (non-hydrogen) atoms. The van der Waals surface area contributed by atoms with Crippen LogP contribution in [0.25, 0.3) is 0 Å². The lowest BCUT2D eigenvalue weighted by Crippen LogP contribution is -2.38. The molecule has 2 N–H and O–H groups in total. The zero-order chi connectivity index (χ0) is 13.1. The van der Waals surface area contributed by atoms with Gasteiger partial charge in [-0.05, 0) is 30.5 Å². The van der Waals surface area contributed by atoms with Crippen LogP contribution in [0.15, 0.2) is 24.3 Å². The first-order valence-corrected chi connectivity index (χ1v) is 5.91. The van der Waals surface area contributed by atoms with Gasteiger partial charge in [0.2, 0.25) is 0 Å². The molecule has 0 aromatic heterocycles. The Morgan fingerprint density at radius 3 is 2.78 bits per heavy atom. The van der Waals surface area contributed by atoms with E-state index in [0.29, 0.717) is 12.6 Å². The highest BCUT2D eigenvalue weighted by Crippen LogP contribution is 2.25. The molecule has 1 aliphatic rings. The number of carboxylic acids is 1. The fourth-order valence-electron chi connectivity index (χ4n) is 1.74. The molecule has 1 aromatic carbocycles. The molecule has 0 aliphatic heterocycles. The topological polar surface area (TPSA) is 69.6 Å². The van der Waals surface area contributed by atoms with Crippen molar-refractivity contribution in [3.8, 4) is 0 Å². The fourth-order valence-corrected chi connectivity index (χ4v) is 1.74. The quantitative estimate of drug-likeness (QED) is 0.851. The molecule has 1 fully saturated rings. The van der Waals surface area contributed by atoms with Crippen LogP contribution >= 0.6 is 0 Å². The van der Waals surface area contributed by atoms with E-state index in [1.165, 1.54) is 6.07 Å². The Labute approximate surface area is 105 Å². The van der Waals surface area contributed by atoms with E-state index in [-0.39, 0.29) is 11.6 Å². The first kappa shape index (κ1) is 12.4. The summed E-state index contributed by atoms with van der Waals surface area (Å²) in [4.78, 5) is 24.2. The Kier molecular flexibility index (Phi) is 3.50. The number of benzene rings is 1. The maximum Gasteiger partial charge on any atom is 0.335 e. The summed E-state index contributed by atoms with van der Waals surface area (Å²) in [6.07, 6.45) is 2.14. The number of carbonyl (C=O) groups excluding carboxylic acids is 1. The molecule has 1 aromatic rings. The first-order valence-electron chi connectivity index (χ1n) is 5.91. The van der Waals surface area contributed by atoms with Gasteiger partial charge in [0.05, 0.1) is 5.56 Å². The summed E-state index contributed by atoms with van der Waals surface area (Å²) in [6.45, 7) is 0.344. The molecular formula is C13H16N2O3. The average Bonchev–Trinajstić information content (AvgIpc) is 3.19. The third kappa shape index (κ3) is 3.00. The van der Waals surface area contributed by atoms with Crippen LogP contribution in [0.3, 0.4) is 0 Å². The van der Waals surface area contributed by atoms with E-state index < -0.39 is 5.97 Å². The van der Waals surface area contributed by atoms with Gasteiger partial charge in [0.1, 0.15) is 0 Å². The molecule has 1 aliphatic carbocycles.